The minimum atomic E-state index is -3.64. The van der Waals surface area contributed by atoms with E-state index in [4.69, 9.17) is 0 Å². The molecule has 1 N–H and O–H groups in total. The number of nitrogens with zero attached hydrogens (tertiary/aromatic N) is 2. The van der Waals surface area contributed by atoms with Crippen LogP contribution < -0.4 is 4.72 Å². The van der Waals surface area contributed by atoms with Crippen molar-refractivity contribution in [1.82, 2.24) is 14.6 Å². The van der Waals surface area contributed by atoms with Gasteiger partial charge in [0.25, 0.3) is 5.91 Å². The summed E-state index contributed by atoms with van der Waals surface area (Å²) in [4.78, 5) is 18.5. The number of benzene rings is 1. The summed E-state index contributed by atoms with van der Waals surface area (Å²) in [5, 5.41) is 0. The number of amides is 1. The first-order valence-corrected chi connectivity index (χ1v) is 10.2. The molecule has 7 heteroatoms. The van der Waals surface area contributed by atoms with Crippen molar-refractivity contribution in [2.45, 2.75) is 31.2 Å². The minimum Gasteiger partial charge on any atom is -0.338 e. The van der Waals surface area contributed by atoms with E-state index in [9.17, 15) is 13.2 Å². The second-order valence-electron chi connectivity index (χ2n) is 6.71. The third-order valence-electron chi connectivity index (χ3n) is 4.54. The smallest absolute Gasteiger partial charge is 0.253 e. The standard InChI is InChI=1S/C19H23N3O3S/c1-15-4-3-11-22(14-15)19(23)17-6-8-18(9-7-17)26(24,25)21-13-16-5-2-10-20-12-16/h2,5-10,12,15,21H,3-4,11,13-14H2,1H3. The molecule has 0 saturated carbocycles. The Bertz CT molecular complexity index is 851. The van der Waals surface area contributed by atoms with E-state index in [1.807, 2.05) is 4.90 Å². The van der Waals surface area contributed by atoms with Crippen LogP contribution in [0, 0.1) is 5.92 Å². The van der Waals surface area contributed by atoms with Crippen molar-refractivity contribution in [2.24, 2.45) is 5.92 Å². The fourth-order valence-corrected chi connectivity index (χ4v) is 4.12. The van der Waals surface area contributed by atoms with Gasteiger partial charge in [-0.25, -0.2) is 13.1 Å². The van der Waals surface area contributed by atoms with Gasteiger partial charge in [-0.15, -0.1) is 0 Å². The Morgan fingerprint density at radius 1 is 1.27 bits per heavy atom. The van der Waals surface area contributed by atoms with Crippen LogP contribution in [0.3, 0.4) is 0 Å². The van der Waals surface area contributed by atoms with Gasteiger partial charge >= 0.3 is 0 Å². The molecule has 2 aromatic rings. The van der Waals surface area contributed by atoms with E-state index in [1.54, 1.807) is 36.7 Å². The van der Waals surface area contributed by atoms with Crippen LogP contribution in [0.4, 0.5) is 0 Å². The molecule has 1 fully saturated rings. The molecule has 1 aromatic carbocycles. The van der Waals surface area contributed by atoms with Crippen LogP contribution in [0.25, 0.3) is 0 Å². The SMILES string of the molecule is CC1CCCN(C(=O)c2ccc(S(=O)(=O)NCc3cccnc3)cc2)C1. The molecular formula is C19H23N3O3S. The Labute approximate surface area is 154 Å². The van der Waals surface area contributed by atoms with Crippen molar-refractivity contribution < 1.29 is 13.2 Å². The number of rotatable bonds is 5. The Morgan fingerprint density at radius 3 is 2.69 bits per heavy atom. The predicted molar refractivity (Wildman–Crippen MR) is 99.0 cm³/mol. The average Bonchev–Trinajstić information content (AvgIpc) is 2.67. The molecule has 0 bridgehead atoms. The van der Waals surface area contributed by atoms with Gasteiger partial charge in [-0.05, 0) is 54.7 Å². The lowest BCUT2D eigenvalue weighted by Crippen LogP contribution is -2.39. The van der Waals surface area contributed by atoms with Gasteiger partial charge in [-0.2, -0.15) is 0 Å². The number of carbonyl (C=O) groups is 1. The van der Waals surface area contributed by atoms with Gasteiger partial charge in [0.2, 0.25) is 10.0 Å². The maximum atomic E-state index is 12.6. The predicted octanol–water partition coefficient (Wildman–Crippen LogP) is 2.43. The van der Waals surface area contributed by atoms with Gasteiger partial charge in [0.1, 0.15) is 0 Å². The van der Waals surface area contributed by atoms with E-state index >= 15 is 0 Å². The number of piperidine rings is 1. The summed E-state index contributed by atoms with van der Waals surface area (Å²) in [5.41, 5.74) is 1.30. The van der Waals surface area contributed by atoms with Crippen LogP contribution in [0.5, 0.6) is 0 Å². The summed E-state index contributed by atoms with van der Waals surface area (Å²) in [7, 11) is -3.64. The molecule has 1 aliphatic rings. The fraction of sp³-hybridized carbons (Fsp3) is 0.368. The number of sulfonamides is 1. The highest BCUT2D eigenvalue weighted by atomic mass is 32.2. The van der Waals surface area contributed by atoms with Crippen molar-refractivity contribution in [3.05, 3.63) is 59.9 Å². The number of hydrogen-bond acceptors (Lipinski definition) is 4. The van der Waals surface area contributed by atoms with Crippen molar-refractivity contribution in [1.29, 1.82) is 0 Å². The number of aromatic nitrogens is 1. The Hall–Kier alpha value is -2.25. The third-order valence-corrected chi connectivity index (χ3v) is 5.96. The lowest BCUT2D eigenvalue weighted by atomic mass is 9.99. The van der Waals surface area contributed by atoms with Gasteiger partial charge < -0.3 is 4.90 Å². The zero-order chi connectivity index (χ0) is 18.6. The van der Waals surface area contributed by atoms with Gasteiger partial charge in [0, 0.05) is 37.6 Å². The number of likely N-dealkylation sites (tertiary alicyclic amines) is 1. The highest BCUT2D eigenvalue weighted by molar-refractivity contribution is 7.89. The highest BCUT2D eigenvalue weighted by Crippen LogP contribution is 2.19. The maximum Gasteiger partial charge on any atom is 0.253 e. The zero-order valence-corrected chi connectivity index (χ0v) is 15.6. The lowest BCUT2D eigenvalue weighted by Gasteiger charge is -2.31. The molecule has 0 spiro atoms. The first kappa shape index (κ1) is 18.5. The molecule has 0 radical (unpaired) electrons. The summed E-state index contributed by atoms with van der Waals surface area (Å²) in [6.45, 7) is 3.83. The summed E-state index contributed by atoms with van der Waals surface area (Å²) in [5.74, 6) is 0.466. The molecule has 1 amide bonds. The van der Waals surface area contributed by atoms with Crippen molar-refractivity contribution in [3.8, 4) is 0 Å². The average molecular weight is 373 g/mol. The molecule has 3 rings (SSSR count). The fourth-order valence-electron chi connectivity index (χ4n) is 3.10. The van der Waals surface area contributed by atoms with Crippen LogP contribution in [0.15, 0.2) is 53.7 Å². The van der Waals surface area contributed by atoms with Crippen molar-refractivity contribution >= 4 is 15.9 Å². The van der Waals surface area contributed by atoms with Gasteiger partial charge in [-0.1, -0.05) is 13.0 Å². The van der Waals surface area contributed by atoms with E-state index < -0.39 is 10.0 Å². The van der Waals surface area contributed by atoms with Gasteiger partial charge in [0.05, 0.1) is 4.90 Å². The second-order valence-corrected chi connectivity index (χ2v) is 8.48. The molecule has 26 heavy (non-hydrogen) atoms. The summed E-state index contributed by atoms with van der Waals surface area (Å²) >= 11 is 0. The van der Waals surface area contributed by atoms with E-state index in [0.717, 1.165) is 31.5 Å². The quantitative estimate of drug-likeness (QED) is 0.873. The number of pyridine rings is 1. The monoisotopic (exact) mass is 373 g/mol. The molecule has 1 aliphatic heterocycles. The third kappa shape index (κ3) is 4.47. The molecular weight excluding hydrogens is 350 g/mol. The molecule has 138 valence electrons. The first-order valence-electron chi connectivity index (χ1n) is 8.73. The molecule has 1 atom stereocenters. The van der Waals surface area contributed by atoms with Crippen molar-refractivity contribution in [3.63, 3.8) is 0 Å². The van der Waals surface area contributed by atoms with Crippen LogP contribution in [-0.2, 0) is 16.6 Å². The molecule has 1 saturated heterocycles. The Morgan fingerprint density at radius 2 is 2.04 bits per heavy atom. The number of carbonyl (C=O) groups excluding carboxylic acids is 1. The van der Waals surface area contributed by atoms with Crippen LogP contribution >= 0.6 is 0 Å². The van der Waals surface area contributed by atoms with Crippen LogP contribution in [0.2, 0.25) is 0 Å². The van der Waals surface area contributed by atoms with E-state index in [0.29, 0.717) is 11.5 Å². The zero-order valence-electron chi connectivity index (χ0n) is 14.8. The molecule has 1 unspecified atom stereocenters. The largest absolute Gasteiger partial charge is 0.338 e. The summed E-state index contributed by atoms with van der Waals surface area (Å²) in [6.07, 6.45) is 5.40. The first-order chi connectivity index (χ1) is 12.5. The summed E-state index contributed by atoms with van der Waals surface area (Å²) < 4.78 is 27.4. The normalized spacial score (nSPS) is 17.9. The minimum absolute atomic E-state index is 0.0381. The Balaban J connectivity index is 1.67. The van der Waals surface area contributed by atoms with Gasteiger partial charge in [-0.3, -0.25) is 9.78 Å². The van der Waals surface area contributed by atoms with Gasteiger partial charge in [0.15, 0.2) is 0 Å². The molecule has 2 heterocycles. The second kappa shape index (κ2) is 7.97. The Kier molecular flexibility index (Phi) is 5.68. The summed E-state index contributed by atoms with van der Waals surface area (Å²) in [6, 6.07) is 9.68. The maximum absolute atomic E-state index is 12.6. The van der Waals surface area contributed by atoms with Crippen LogP contribution in [-0.4, -0.2) is 37.3 Å². The number of nitrogens with one attached hydrogen (secondary N) is 1. The van der Waals surface area contributed by atoms with E-state index in [1.165, 1.54) is 12.1 Å². The molecule has 0 aliphatic carbocycles. The molecule has 6 nitrogen and oxygen atoms in total. The van der Waals surface area contributed by atoms with Crippen molar-refractivity contribution in [2.75, 3.05) is 13.1 Å². The number of hydrogen-bond donors (Lipinski definition) is 1. The lowest BCUT2D eigenvalue weighted by molar-refractivity contribution is 0.0683. The van der Waals surface area contributed by atoms with E-state index in [2.05, 4.69) is 16.6 Å². The van der Waals surface area contributed by atoms with E-state index in [-0.39, 0.29) is 17.3 Å². The molecule has 1 aromatic heterocycles. The van der Waals surface area contributed by atoms with Crippen LogP contribution in [0.1, 0.15) is 35.7 Å². The topological polar surface area (TPSA) is 79.4 Å². The highest BCUT2D eigenvalue weighted by Gasteiger charge is 2.22.